The number of fused-ring (bicyclic) bond motifs is 5. The molecule has 2 unspecified atom stereocenters. The molecule has 3 heteroatoms. The molecule has 0 aromatic heterocycles. The molecule has 1 fully saturated rings. The van der Waals surface area contributed by atoms with Crippen LogP contribution < -0.4 is 4.90 Å². The van der Waals surface area contributed by atoms with Gasteiger partial charge in [-0.3, -0.25) is 0 Å². The fourth-order valence-electron chi connectivity index (χ4n) is 3.85. The second-order valence-corrected chi connectivity index (χ2v) is 6.57. The van der Waals surface area contributed by atoms with E-state index >= 15 is 0 Å². The highest BCUT2D eigenvalue weighted by Crippen LogP contribution is 2.43. The van der Waals surface area contributed by atoms with Crippen molar-refractivity contribution in [1.29, 1.82) is 0 Å². The summed E-state index contributed by atoms with van der Waals surface area (Å²) in [7, 11) is 2.18. The van der Waals surface area contributed by atoms with Crippen molar-refractivity contribution in [2.45, 2.75) is 19.1 Å². The lowest BCUT2D eigenvalue weighted by atomic mass is 9.92. The third-order valence-corrected chi connectivity index (χ3v) is 5.02. The number of aliphatic hydroxyl groups is 1. The number of aryl methyl sites for hydroxylation is 1. The molecule has 0 radical (unpaired) electrons. The summed E-state index contributed by atoms with van der Waals surface area (Å²) in [6.07, 6.45) is -0.539. The van der Waals surface area contributed by atoms with Gasteiger partial charge in [0.15, 0.2) is 0 Å². The van der Waals surface area contributed by atoms with Gasteiger partial charge in [0.2, 0.25) is 0 Å². The van der Waals surface area contributed by atoms with Gasteiger partial charge in [0.05, 0.1) is 6.04 Å². The first-order valence-electron chi connectivity index (χ1n) is 7.98. The van der Waals surface area contributed by atoms with Gasteiger partial charge >= 0.3 is 0 Å². The van der Waals surface area contributed by atoms with Crippen molar-refractivity contribution in [3.8, 4) is 0 Å². The van der Waals surface area contributed by atoms with Gasteiger partial charge in [0.25, 0.3) is 0 Å². The average molecular weight is 294 g/mol. The fraction of sp³-hybridized carbons (Fsp3) is 0.368. The Kier molecular flexibility index (Phi) is 3.21. The van der Waals surface area contributed by atoms with E-state index in [1.54, 1.807) is 0 Å². The number of piperazine rings is 1. The molecule has 0 bridgehead atoms. The zero-order valence-corrected chi connectivity index (χ0v) is 13.2. The minimum atomic E-state index is -0.539. The van der Waals surface area contributed by atoms with Crippen LogP contribution in [0, 0.1) is 6.92 Å². The largest absolute Gasteiger partial charge is 0.384 e. The predicted octanol–water partition coefficient (Wildman–Crippen LogP) is 2.88. The van der Waals surface area contributed by atoms with Crippen LogP contribution in [0.25, 0.3) is 0 Å². The molecule has 2 aromatic rings. The van der Waals surface area contributed by atoms with Gasteiger partial charge in [0, 0.05) is 30.9 Å². The summed E-state index contributed by atoms with van der Waals surface area (Å²) < 4.78 is 0. The van der Waals surface area contributed by atoms with E-state index in [-0.39, 0.29) is 0 Å². The first-order valence-corrected chi connectivity index (χ1v) is 7.98. The SMILES string of the molecule is Cc1ccc2c(c1)C1CN(C)CCN1c1ccccc1C2O. The number of hydrogen-bond donors (Lipinski definition) is 1. The van der Waals surface area contributed by atoms with Crippen molar-refractivity contribution in [3.63, 3.8) is 0 Å². The fourth-order valence-corrected chi connectivity index (χ4v) is 3.85. The van der Waals surface area contributed by atoms with E-state index in [9.17, 15) is 5.11 Å². The van der Waals surface area contributed by atoms with E-state index in [1.165, 1.54) is 16.8 Å². The van der Waals surface area contributed by atoms with Crippen LogP contribution in [0.15, 0.2) is 42.5 Å². The summed E-state index contributed by atoms with van der Waals surface area (Å²) in [4.78, 5) is 4.86. The van der Waals surface area contributed by atoms with Crippen molar-refractivity contribution in [3.05, 3.63) is 64.7 Å². The quantitative estimate of drug-likeness (QED) is 0.809. The molecular weight excluding hydrogens is 272 g/mol. The van der Waals surface area contributed by atoms with E-state index in [1.807, 2.05) is 6.07 Å². The minimum Gasteiger partial charge on any atom is -0.384 e. The second-order valence-electron chi connectivity index (χ2n) is 6.57. The Morgan fingerprint density at radius 2 is 1.82 bits per heavy atom. The summed E-state index contributed by atoms with van der Waals surface area (Å²) in [5.74, 6) is 0. The molecule has 2 atom stereocenters. The van der Waals surface area contributed by atoms with Crippen LogP contribution in [0.2, 0.25) is 0 Å². The molecule has 2 aliphatic heterocycles. The standard InChI is InChI=1S/C19H22N2O/c1-13-7-8-14-16(11-13)18-12-20(2)9-10-21(18)17-6-4-3-5-15(17)19(14)22/h3-8,11,18-19,22H,9-10,12H2,1-2H3. The normalized spacial score (nSPS) is 24.2. The lowest BCUT2D eigenvalue weighted by Gasteiger charge is -2.41. The molecule has 2 aliphatic rings. The summed E-state index contributed by atoms with van der Waals surface area (Å²) in [6.45, 7) is 5.18. The zero-order valence-electron chi connectivity index (χ0n) is 13.2. The average Bonchev–Trinajstić information content (AvgIpc) is 2.62. The van der Waals surface area contributed by atoms with E-state index in [2.05, 4.69) is 60.2 Å². The summed E-state index contributed by atoms with van der Waals surface area (Å²) in [5.41, 5.74) is 5.79. The highest BCUT2D eigenvalue weighted by atomic mass is 16.3. The predicted molar refractivity (Wildman–Crippen MR) is 89.3 cm³/mol. The smallest absolute Gasteiger partial charge is 0.106 e. The number of nitrogens with zero attached hydrogens (tertiary/aromatic N) is 2. The maximum atomic E-state index is 11.0. The lowest BCUT2D eigenvalue weighted by Crippen LogP contribution is -2.46. The Morgan fingerprint density at radius 3 is 2.68 bits per heavy atom. The number of para-hydroxylation sites is 1. The molecular formula is C19H22N2O. The van der Waals surface area contributed by atoms with Gasteiger partial charge in [-0.25, -0.2) is 0 Å². The van der Waals surface area contributed by atoms with Crippen molar-refractivity contribution >= 4 is 5.69 Å². The lowest BCUT2D eigenvalue weighted by molar-refractivity contribution is 0.220. The summed E-state index contributed by atoms with van der Waals surface area (Å²) >= 11 is 0. The van der Waals surface area contributed by atoms with Gasteiger partial charge in [-0.05, 0) is 31.2 Å². The maximum absolute atomic E-state index is 11.0. The molecule has 0 amide bonds. The number of anilines is 1. The van der Waals surface area contributed by atoms with Gasteiger partial charge < -0.3 is 14.9 Å². The topological polar surface area (TPSA) is 26.7 Å². The Hall–Kier alpha value is -1.84. The first kappa shape index (κ1) is 13.8. The van der Waals surface area contributed by atoms with Gasteiger partial charge in [-0.15, -0.1) is 0 Å². The maximum Gasteiger partial charge on any atom is 0.106 e. The van der Waals surface area contributed by atoms with Gasteiger partial charge in [-0.1, -0.05) is 42.0 Å². The summed E-state index contributed by atoms with van der Waals surface area (Å²) in [5, 5.41) is 11.0. The first-order chi connectivity index (χ1) is 10.6. The van der Waals surface area contributed by atoms with Crippen LogP contribution in [0.5, 0.6) is 0 Å². The molecule has 3 nitrogen and oxygen atoms in total. The summed E-state index contributed by atoms with van der Waals surface area (Å²) in [6, 6.07) is 15.1. The third kappa shape index (κ3) is 2.04. The Labute approximate surface area is 131 Å². The van der Waals surface area contributed by atoms with E-state index in [0.29, 0.717) is 6.04 Å². The van der Waals surface area contributed by atoms with Crippen LogP contribution in [0.3, 0.4) is 0 Å². The highest BCUT2D eigenvalue weighted by Gasteiger charge is 2.35. The van der Waals surface area contributed by atoms with E-state index in [4.69, 9.17) is 0 Å². The zero-order chi connectivity index (χ0) is 15.3. The Bertz CT molecular complexity index is 712. The van der Waals surface area contributed by atoms with Crippen molar-refractivity contribution < 1.29 is 5.11 Å². The molecule has 0 aliphatic carbocycles. The molecule has 22 heavy (non-hydrogen) atoms. The third-order valence-electron chi connectivity index (χ3n) is 5.02. The number of likely N-dealkylation sites (N-methyl/N-ethyl adjacent to an activating group) is 1. The van der Waals surface area contributed by atoms with Crippen molar-refractivity contribution in [2.75, 3.05) is 31.6 Å². The molecule has 0 saturated carbocycles. The highest BCUT2D eigenvalue weighted by molar-refractivity contribution is 5.62. The minimum absolute atomic E-state index is 0.312. The number of benzene rings is 2. The molecule has 1 saturated heterocycles. The molecule has 0 spiro atoms. The molecule has 1 N–H and O–H groups in total. The molecule has 2 aromatic carbocycles. The molecule has 114 valence electrons. The molecule has 4 rings (SSSR count). The van der Waals surface area contributed by atoms with E-state index in [0.717, 1.165) is 30.8 Å². The van der Waals surface area contributed by atoms with Crippen molar-refractivity contribution in [2.24, 2.45) is 0 Å². The Morgan fingerprint density at radius 1 is 1.00 bits per heavy atom. The van der Waals surface area contributed by atoms with Gasteiger partial charge in [-0.2, -0.15) is 0 Å². The number of aliphatic hydroxyl groups excluding tert-OH is 1. The number of rotatable bonds is 0. The Balaban J connectivity index is 1.96. The monoisotopic (exact) mass is 294 g/mol. The number of hydrogen-bond acceptors (Lipinski definition) is 3. The second kappa shape index (κ2) is 5.11. The van der Waals surface area contributed by atoms with Crippen LogP contribution in [-0.4, -0.2) is 36.7 Å². The van der Waals surface area contributed by atoms with Crippen molar-refractivity contribution in [1.82, 2.24) is 4.90 Å². The van der Waals surface area contributed by atoms with Crippen LogP contribution in [-0.2, 0) is 0 Å². The van der Waals surface area contributed by atoms with Crippen LogP contribution in [0.1, 0.15) is 34.4 Å². The van der Waals surface area contributed by atoms with E-state index < -0.39 is 6.10 Å². The van der Waals surface area contributed by atoms with Crippen LogP contribution in [0.4, 0.5) is 5.69 Å². The molecule has 2 heterocycles. The van der Waals surface area contributed by atoms with Crippen LogP contribution >= 0.6 is 0 Å². The van der Waals surface area contributed by atoms with Gasteiger partial charge in [0.1, 0.15) is 6.10 Å².